The maximum atomic E-state index is 5.91. The zero-order valence-electron chi connectivity index (χ0n) is 12.9. The highest BCUT2D eigenvalue weighted by atomic mass is 16.5. The van der Waals surface area contributed by atoms with Crippen molar-refractivity contribution in [1.29, 1.82) is 0 Å². The van der Waals surface area contributed by atoms with Crippen molar-refractivity contribution >= 4 is 5.69 Å². The molecule has 0 spiro atoms. The standard InChI is InChI=1S/C18H23NO2/c1-4-20-18-11-6-5-10-17(18)19-13-15(3)21-16-9-7-8-14(2)12-16/h5-12,15,19H,4,13H2,1-3H3. The molecule has 0 aliphatic carbocycles. The van der Waals surface area contributed by atoms with E-state index >= 15 is 0 Å². The number of benzene rings is 2. The van der Waals surface area contributed by atoms with Gasteiger partial charge in [0, 0.05) is 0 Å². The zero-order valence-corrected chi connectivity index (χ0v) is 12.9. The van der Waals surface area contributed by atoms with Crippen LogP contribution in [0.15, 0.2) is 48.5 Å². The number of rotatable bonds is 7. The molecule has 21 heavy (non-hydrogen) atoms. The molecule has 2 aromatic carbocycles. The summed E-state index contributed by atoms with van der Waals surface area (Å²) in [4.78, 5) is 0. The van der Waals surface area contributed by atoms with Crippen molar-refractivity contribution in [2.75, 3.05) is 18.5 Å². The first-order chi connectivity index (χ1) is 10.2. The fourth-order valence-electron chi connectivity index (χ4n) is 2.11. The van der Waals surface area contributed by atoms with Gasteiger partial charge in [0.2, 0.25) is 0 Å². The van der Waals surface area contributed by atoms with Gasteiger partial charge in [-0.25, -0.2) is 0 Å². The van der Waals surface area contributed by atoms with Crippen LogP contribution < -0.4 is 14.8 Å². The summed E-state index contributed by atoms with van der Waals surface area (Å²) in [5.41, 5.74) is 2.20. The molecule has 0 heterocycles. The lowest BCUT2D eigenvalue weighted by molar-refractivity contribution is 0.234. The molecule has 2 rings (SSSR count). The molecule has 1 N–H and O–H groups in total. The first kappa shape index (κ1) is 15.2. The molecule has 1 atom stereocenters. The van der Waals surface area contributed by atoms with Gasteiger partial charge >= 0.3 is 0 Å². The topological polar surface area (TPSA) is 30.5 Å². The van der Waals surface area contributed by atoms with Gasteiger partial charge in [0.05, 0.1) is 18.8 Å². The van der Waals surface area contributed by atoms with Crippen molar-refractivity contribution in [3.63, 3.8) is 0 Å². The Balaban J connectivity index is 1.90. The molecule has 0 fully saturated rings. The summed E-state index contributed by atoms with van der Waals surface area (Å²) in [6.07, 6.45) is 0.0708. The van der Waals surface area contributed by atoms with E-state index in [1.165, 1.54) is 5.56 Å². The number of hydrogen-bond acceptors (Lipinski definition) is 3. The van der Waals surface area contributed by atoms with E-state index in [0.29, 0.717) is 6.61 Å². The lowest BCUT2D eigenvalue weighted by atomic mass is 10.2. The summed E-state index contributed by atoms with van der Waals surface area (Å²) in [6, 6.07) is 16.1. The Kier molecular flexibility index (Phi) is 5.50. The predicted octanol–water partition coefficient (Wildman–Crippen LogP) is 4.27. The first-order valence-corrected chi connectivity index (χ1v) is 7.38. The predicted molar refractivity (Wildman–Crippen MR) is 87.4 cm³/mol. The monoisotopic (exact) mass is 285 g/mol. The number of aryl methyl sites for hydroxylation is 1. The molecular weight excluding hydrogens is 262 g/mol. The number of nitrogens with one attached hydrogen (secondary N) is 1. The third-order valence-corrected chi connectivity index (χ3v) is 3.09. The lowest BCUT2D eigenvalue weighted by Gasteiger charge is -2.18. The minimum atomic E-state index is 0.0708. The van der Waals surface area contributed by atoms with E-state index in [0.717, 1.165) is 23.7 Å². The summed E-state index contributed by atoms with van der Waals surface area (Å²) >= 11 is 0. The van der Waals surface area contributed by atoms with Crippen LogP contribution in [0.3, 0.4) is 0 Å². The second-order valence-corrected chi connectivity index (χ2v) is 5.06. The molecule has 0 saturated carbocycles. The molecule has 0 radical (unpaired) electrons. The Morgan fingerprint density at radius 2 is 1.90 bits per heavy atom. The van der Waals surface area contributed by atoms with E-state index < -0.39 is 0 Å². The SMILES string of the molecule is CCOc1ccccc1NCC(C)Oc1cccc(C)c1. The minimum absolute atomic E-state index is 0.0708. The van der Waals surface area contributed by atoms with Crippen molar-refractivity contribution in [3.8, 4) is 11.5 Å². The average Bonchev–Trinajstić information content (AvgIpc) is 2.47. The second-order valence-electron chi connectivity index (χ2n) is 5.06. The Labute approximate surface area is 126 Å². The Morgan fingerprint density at radius 3 is 2.67 bits per heavy atom. The van der Waals surface area contributed by atoms with Crippen molar-refractivity contribution in [3.05, 3.63) is 54.1 Å². The maximum Gasteiger partial charge on any atom is 0.142 e. The normalized spacial score (nSPS) is 11.8. The van der Waals surface area contributed by atoms with Gasteiger partial charge in [0.1, 0.15) is 17.6 Å². The molecule has 2 aromatic rings. The fourth-order valence-corrected chi connectivity index (χ4v) is 2.11. The minimum Gasteiger partial charge on any atom is -0.492 e. The smallest absolute Gasteiger partial charge is 0.142 e. The van der Waals surface area contributed by atoms with Gasteiger partial charge in [0.25, 0.3) is 0 Å². The Bertz CT molecular complexity index is 569. The molecule has 0 aliphatic heterocycles. The third kappa shape index (κ3) is 4.71. The van der Waals surface area contributed by atoms with Gasteiger partial charge in [-0.1, -0.05) is 24.3 Å². The van der Waals surface area contributed by atoms with E-state index in [1.54, 1.807) is 0 Å². The van der Waals surface area contributed by atoms with Gasteiger partial charge in [-0.3, -0.25) is 0 Å². The molecule has 0 bridgehead atoms. The van der Waals surface area contributed by atoms with Crippen LogP contribution in [0.2, 0.25) is 0 Å². The van der Waals surface area contributed by atoms with Crippen molar-refractivity contribution < 1.29 is 9.47 Å². The van der Waals surface area contributed by atoms with Crippen molar-refractivity contribution in [1.82, 2.24) is 0 Å². The van der Waals surface area contributed by atoms with Gasteiger partial charge in [0.15, 0.2) is 0 Å². The van der Waals surface area contributed by atoms with Crippen LogP contribution >= 0.6 is 0 Å². The van der Waals surface area contributed by atoms with Gasteiger partial charge in [-0.15, -0.1) is 0 Å². The second kappa shape index (κ2) is 7.58. The van der Waals surface area contributed by atoms with Crippen LogP contribution in [-0.2, 0) is 0 Å². The van der Waals surface area contributed by atoms with E-state index in [-0.39, 0.29) is 6.10 Å². The highest BCUT2D eigenvalue weighted by Crippen LogP contribution is 2.23. The van der Waals surface area contributed by atoms with Crippen molar-refractivity contribution in [2.24, 2.45) is 0 Å². The van der Waals surface area contributed by atoms with E-state index in [2.05, 4.69) is 25.2 Å². The zero-order chi connectivity index (χ0) is 15.1. The van der Waals surface area contributed by atoms with E-state index in [1.807, 2.05) is 49.4 Å². The summed E-state index contributed by atoms with van der Waals surface area (Å²) in [7, 11) is 0. The van der Waals surface area contributed by atoms with Crippen LogP contribution in [0.4, 0.5) is 5.69 Å². The van der Waals surface area contributed by atoms with Gasteiger partial charge in [-0.2, -0.15) is 0 Å². The van der Waals surface area contributed by atoms with E-state index in [9.17, 15) is 0 Å². The van der Waals surface area contributed by atoms with Crippen LogP contribution in [0.25, 0.3) is 0 Å². The summed E-state index contributed by atoms with van der Waals surface area (Å²) in [5.74, 6) is 1.78. The largest absolute Gasteiger partial charge is 0.492 e. The molecule has 0 saturated heterocycles. The highest BCUT2D eigenvalue weighted by Gasteiger charge is 2.07. The maximum absolute atomic E-state index is 5.91. The lowest BCUT2D eigenvalue weighted by Crippen LogP contribution is -2.23. The first-order valence-electron chi connectivity index (χ1n) is 7.38. The summed E-state index contributed by atoms with van der Waals surface area (Å²) < 4.78 is 11.5. The van der Waals surface area contributed by atoms with E-state index in [4.69, 9.17) is 9.47 Å². The number of ether oxygens (including phenoxy) is 2. The van der Waals surface area contributed by atoms with Gasteiger partial charge < -0.3 is 14.8 Å². The van der Waals surface area contributed by atoms with Crippen LogP contribution in [0.1, 0.15) is 19.4 Å². The molecular formula is C18H23NO2. The quantitative estimate of drug-likeness (QED) is 0.824. The number of hydrogen-bond donors (Lipinski definition) is 1. The molecule has 0 aromatic heterocycles. The number of para-hydroxylation sites is 2. The van der Waals surface area contributed by atoms with Crippen LogP contribution in [-0.4, -0.2) is 19.3 Å². The Hall–Kier alpha value is -2.16. The van der Waals surface area contributed by atoms with Crippen molar-refractivity contribution in [2.45, 2.75) is 26.9 Å². The number of anilines is 1. The molecule has 3 nitrogen and oxygen atoms in total. The molecule has 3 heteroatoms. The van der Waals surface area contributed by atoms with Gasteiger partial charge in [-0.05, 0) is 50.6 Å². The average molecular weight is 285 g/mol. The molecule has 112 valence electrons. The molecule has 0 aliphatic rings. The molecule has 0 amide bonds. The van der Waals surface area contributed by atoms with Crippen LogP contribution in [0.5, 0.6) is 11.5 Å². The fraction of sp³-hybridized carbons (Fsp3) is 0.333. The third-order valence-electron chi connectivity index (χ3n) is 3.09. The summed E-state index contributed by atoms with van der Waals surface area (Å²) in [5, 5.41) is 3.38. The summed E-state index contributed by atoms with van der Waals surface area (Å²) in [6.45, 7) is 7.49. The Morgan fingerprint density at radius 1 is 1.10 bits per heavy atom. The molecule has 1 unspecified atom stereocenters. The highest BCUT2D eigenvalue weighted by molar-refractivity contribution is 5.56. The van der Waals surface area contributed by atoms with Crippen LogP contribution in [0, 0.1) is 6.92 Å².